The van der Waals surface area contributed by atoms with Crippen molar-refractivity contribution in [2.75, 3.05) is 13.7 Å². The van der Waals surface area contributed by atoms with Crippen molar-refractivity contribution in [2.24, 2.45) is 0 Å². The van der Waals surface area contributed by atoms with Crippen LogP contribution in [0, 0.1) is 17.0 Å². The minimum atomic E-state index is -0.441. The van der Waals surface area contributed by atoms with E-state index < -0.39 is 4.92 Å². The van der Waals surface area contributed by atoms with E-state index in [1.165, 1.54) is 13.2 Å². The first-order valence-electron chi connectivity index (χ1n) is 10.6. The van der Waals surface area contributed by atoms with Crippen LogP contribution in [-0.4, -0.2) is 39.7 Å². The van der Waals surface area contributed by atoms with Crippen molar-refractivity contribution in [1.29, 1.82) is 0 Å². The molecule has 0 saturated carbocycles. The lowest BCUT2D eigenvalue weighted by Gasteiger charge is -2.40. The molecule has 1 fully saturated rings. The van der Waals surface area contributed by atoms with Crippen LogP contribution in [0.25, 0.3) is 0 Å². The molecule has 0 bridgehead atoms. The third-order valence-corrected chi connectivity index (χ3v) is 5.66. The van der Waals surface area contributed by atoms with Crippen LogP contribution in [0.5, 0.6) is 5.75 Å². The van der Waals surface area contributed by atoms with Crippen LogP contribution >= 0.6 is 0 Å². The Kier molecular flexibility index (Phi) is 6.77. The Morgan fingerprint density at radius 2 is 2.03 bits per heavy atom. The van der Waals surface area contributed by atoms with Gasteiger partial charge in [-0.25, -0.2) is 0 Å². The Balaban J connectivity index is 1.58. The fourth-order valence-corrected chi connectivity index (χ4v) is 4.29. The summed E-state index contributed by atoms with van der Waals surface area (Å²) >= 11 is 0. The third kappa shape index (κ3) is 4.79. The van der Waals surface area contributed by atoms with Crippen molar-refractivity contribution >= 4 is 5.69 Å². The van der Waals surface area contributed by atoms with Gasteiger partial charge in [0.05, 0.1) is 37.3 Å². The molecule has 0 spiro atoms. The number of para-hydroxylation sites is 1. The number of benzene rings is 2. The summed E-state index contributed by atoms with van der Waals surface area (Å²) in [6.45, 7) is 3.42. The minimum absolute atomic E-state index is 0.0122. The summed E-state index contributed by atoms with van der Waals surface area (Å²) in [5.41, 5.74) is 1.72. The first kappa shape index (κ1) is 21.9. The highest BCUT2D eigenvalue weighted by molar-refractivity contribution is 5.51. The maximum atomic E-state index is 11.4. The second-order valence-electron chi connectivity index (χ2n) is 7.78. The maximum Gasteiger partial charge on any atom is 0.311 e. The van der Waals surface area contributed by atoms with Gasteiger partial charge in [-0.15, -0.1) is 0 Å². The van der Waals surface area contributed by atoms with E-state index in [0.717, 1.165) is 24.9 Å². The van der Waals surface area contributed by atoms with Crippen molar-refractivity contribution in [1.82, 2.24) is 15.0 Å². The van der Waals surface area contributed by atoms with Gasteiger partial charge < -0.3 is 14.0 Å². The number of ether oxygens (including phenoxy) is 2. The molecule has 0 aliphatic carbocycles. The SMILES string of the molecule is COc1c(CO[C@@H]2CCCN(Cc3nc(C)no3)[C@@H]2c2ccccc2)cccc1[N+](=O)[O-]. The number of hydrogen-bond donors (Lipinski definition) is 0. The molecule has 2 atom stereocenters. The van der Waals surface area contributed by atoms with E-state index in [-0.39, 0.29) is 30.2 Å². The van der Waals surface area contributed by atoms with Gasteiger partial charge in [0.2, 0.25) is 11.6 Å². The van der Waals surface area contributed by atoms with Crippen LogP contribution in [0.3, 0.4) is 0 Å². The predicted octanol–water partition coefficient (Wildman–Crippen LogP) is 4.22. The average molecular weight is 438 g/mol. The highest BCUT2D eigenvalue weighted by Crippen LogP contribution is 2.36. The number of rotatable bonds is 8. The fourth-order valence-electron chi connectivity index (χ4n) is 4.29. The molecule has 168 valence electrons. The van der Waals surface area contributed by atoms with Gasteiger partial charge in [0.25, 0.3) is 0 Å². The fraction of sp³-hybridized carbons (Fsp3) is 0.391. The number of hydrogen-bond acceptors (Lipinski definition) is 8. The monoisotopic (exact) mass is 438 g/mol. The molecule has 1 aromatic heterocycles. The van der Waals surface area contributed by atoms with Gasteiger partial charge in [0, 0.05) is 11.6 Å². The molecule has 0 radical (unpaired) electrons. The molecule has 4 rings (SSSR count). The average Bonchev–Trinajstić information content (AvgIpc) is 3.22. The number of nitro benzene ring substituents is 1. The molecule has 0 unspecified atom stereocenters. The molecule has 3 aromatic rings. The molecule has 2 heterocycles. The highest BCUT2D eigenvalue weighted by atomic mass is 16.6. The van der Waals surface area contributed by atoms with E-state index in [0.29, 0.717) is 23.8 Å². The zero-order valence-electron chi connectivity index (χ0n) is 18.1. The summed E-state index contributed by atoms with van der Waals surface area (Å²) < 4.78 is 17.1. The summed E-state index contributed by atoms with van der Waals surface area (Å²) in [6.07, 6.45) is 1.71. The molecular formula is C23H26N4O5. The molecule has 9 nitrogen and oxygen atoms in total. The molecule has 9 heteroatoms. The van der Waals surface area contributed by atoms with Crippen molar-refractivity contribution < 1.29 is 18.9 Å². The van der Waals surface area contributed by atoms with Gasteiger partial charge in [-0.1, -0.05) is 47.6 Å². The Morgan fingerprint density at radius 3 is 2.72 bits per heavy atom. The summed E-state index contributed by atoms with van der Waals surface area (Å²) in [4.78, 5) is 17.6. The van der Waals surface area contributed by atoms with Crippen molar-refractivity contribution in [3.05, 3.63) is 81.5 Å². The van der Waals surface area contributed by atoms with E-state index in [9.17, 15) is 10.1 Å². The lowest BCUT2D eigenvalue weighted by Crippen LogP contribution is -2.42. The van der Waals surface area contributed by atoms with Crippen LogP contribution < -0.4 is 4.74 Å². The van der Waals surface area contributed by atoms with Crippen LogP contribution in [0.1, 0.15) is 41.7 Å². The number of aryl methyl sites for hydroxylation is 1. The zero-order valence-corrected chi connectivity index (χ0v) is 18.1. The second kappa shape index (κ2) is 9.88. The van der Waals surface area contributed by atoms with Gasteiger partial charge in [0.1, 0.15) is 0 Å². The highest BCUT2D eigenvalue weighted by Gasteiger charge is 2.34. The van der Waals surface area contributed by atoms with Crippen LogP contribution in [0.2, 0.25) is 0 Å². The van der Waals surface area contributed by atoms with Crippen molar-refractivity contribution in [3.8, 4) is 5.75 Å². The smallest absolute Gasteiger partial charge is 0.311 e. The Hall–Kier alpha value is -3.30. The first-order chi connectivity index (χ1) is 15.6. The standard InChI is InChI=1S/C23H26N4O5/c1-16-24-21(32-25-16)14-26-13-7-12-20(22(26)17-8-4-3-5-9-17)31-15-18-10-6-11-19(27(28)29)23(18)30-2/h3-6,8-11,20,22H,7,12-15H2,1-2H3/t20-,22-/m1/s1. The maximum absolute atomic E-state index is 11.4. The van der Waals surface area contributed by atoms with Crippen LogP contribution in [0.4, 0.5) is 5.69 Å². The molecule has 1 aliphatic heterocycles. The Morgan fingerprint density at radius 1 is 1.22 bits per heavy atom. The van der Waals surface area contributed by atoms with Crippen molar-refractivity contribution in [3.63, 3.8) is 0 Å². The van der Waals surface area contributed by atoms with Gasteiger partial charge in [-0.05, 0) is 31.9 Å². The number of nitrogens with zero attached hydrogens (tertiary/aromatic N) is 4. The molecular weight excluding hydrogens is 412 g/mol. The number of methoxy groups -OCH3 is 1. The molecule has 32 heavy (non-hydrogen) atoms. The lowest BCUT2D eigenvalue weighted by molar-refractivity contribution is -0.385. The zero-order chi connectivity index (χ0) is 22.5. The van der Waals surface area contributed by atoms with Gasteiger partial charge >= 0.3 is 5.69 Å². The number of likely N-dealkylation sites (tertiary alicyclic amines) is 1. The summed E-state index contributed by atoms with van der Waals surface area (Å²) in [5, 5.41) is 15.3. The van der Waals surface area contributed by atoms with E-state index >= 15 is 0 Å². The summed E-state index contributed by atoms with van der Waals surface area (Å²) in [7, 11) is 1.44. The second-order valence-corrected chi connectivity index (χ2v) is 7.78. The van der Waals surface area contributed by atoms with E-state index in [1.807, 2.05) is 18.2 Å². The van der Waals surface area contributed by atoms with E-state index in [1.54, 1.807) is 19.1 Å². The topological polar surface area (TPSA) is 104 Å². The van der Waals surface area contributed by atoms with Crippen LogP contribution in [0.15, 0.2) is 53.1 Å². The first-order valence-corrected chi connectivity index (χ1v) is 10.6. The quantitative estimate of drug-likeness (QED) is 0.380. The molecule has 0 N–H and O–H groups in total. The number of nitro groups is 1. The number of aromatic nitrogens is 2. The van der Waals surface area contributed by atoms with Gasteiger partial charge in [-0.2, -0.15) is 4.98 Å². The predicted molar refractivity (Wildman–Crippen MR) is 116 cm³/mol. The summed E-state index contributed by atoms with van der Waals surface area (Å²) in [5.74, 6) is 1.42. The Labute approximate surface area is 186 Å². The largest absolute Gasteiger partial charge is 0.490 e. The minimum Gasteiger partial charge on any atom is -0.490 e. The van der Waals surface area contributed by atoms with E-state index in [4.69, 9.17) is 14.0 Å². The number of piperidine rings is 1. The van der Waals surface area contributed by atoms with Crippen LogP contribution in [-0.2, 0) is 17.9 Å². The molecule has 0 amide bonds. The normalized spacial score (nSPS) is 19.1. The molecule has 1 saturated heterocycles. The molecule has 1 aliphatic rings. The van der Waals surface area contributed by atoms with Gasteiger partial charge in [-0.3, -0.25) is 15.0 Å². The third-order valence-electron chi connectivity index (χ3n) is 5.66. The summed E-state index contributed by atoms with van der Waals surface area (Å²) in [6, 6.07) is 15.1. The van der Waals surface area contributed by atoms with Crippen molar-refractivity contribution in [2.45, 2.75) is 45.1 Å². The lowest BCUT2D eigenvalue weighted by atomic mass is 9.92. The van der Waals surface area contributed by atoms with Gasteiger partial charge in [0.15, 0.2) is 5.82 Å². The molecule has 2 aromatic carbocycles. The van der Waals surface area contributed by atoms with E-state index in [2.05, 4.69) is 27.2 Å². The Bertz CT molecular complexity index is 1060.